The second-order valence-corrected chi connectivity index (χ2v) is 4.33. The van der Waals surface area contributed by atoms with Crippen molar-refractivity contribution in [3.63, 3.8) is 0 Å². The molecule has 0 saturated carbocycles. The first-order valence-corrected chi connectivity index (χ1v) is 5.65. The van der Waals surface area contributed by atoms with Gasteiger partial charge in [-0.2, -0.15) is 0 Å². The molecule has 18 heavy (non-hydrogen) atoms. The van der Waals surface area contributed by atoms with Gasteiger partial charge in [0, 0.05) is 14.1 Å². The van der Waals surface area contributed by atoms with Crippen molar-refractivity contribution in [2.75, 3.05) is 7.05 Å². The maximum atomic E-state index is 12.0. The summed E-state index contributed by atoms with van der Waals surface area (Å²) in [5.41, 5.74) is 3.10. The zero-order valence-corrected chi connectivity index (χ0v) is 10.9. The quantitative estimate of drug-likeness (QED) is 0.812. The molecular formula is C13H15N3O2. The minimum atomic E-state index is -0.462. The Bertz CT molecular complexity index is 701. The van der Waals surface area contributed by atoms with Crippen molar-refractivity contribution in [2.24, 2.45) is 7.05 Å². The molecule has 0 radical (unpaired) electrons. The van der Waals surface area contributed by atoms with Gasteiger partial charge in [0.15, 0.2) is 5.69 Å². The SMILES string of the molecule is CNC(=O)c1nc2cc(C)c(C)cc2n(C)c1=O. The van der Waals surface area contributed by atoms with Crippen LogP contribution in [0.3, 0.4) is 0 Å². The number of amides is 1. The van der Waals surface area contributed by atoms with Gasteiger partial charge in [-0.1, -0.05) is 0 Å². The number of carbonyl (C=O) groups excluding carboxylic acids is 1. The van der Waals surface area contributed by atoms with Crippen LogP contribution < -0.4 is 10.9 Å². The molecule has 0 aliphatic carbocycles. The first kappa shape index (κ1) is 12.3. The van der Waals surface area contributed by atoms with E-state index in [2.05, 4.69) is 10.3 Å². The number of aryl methyl sites for hydroxylation is 3. The molecule has 0 saturated heterocycles. The maximum absolute atomic E-state index is 12.0. The fraction of sp³-hybridized carbons (Fsp3) is 0.308. The average molecular weight is 245 g/mol. The highest BCUT2D eigenvalue weighted by atomic mass is 16.2. The molecule has 0 bridgehead atoms. The molecule has 0 unspecified atom stereocenters. The summed E-state index contributed by atoms with van der Waals surface area (Å²) < 4.78 is 1.46. The number of rotatable bonds is 1. The van der Waals surface area contributed by atoms with Crippen molar-refractivity contribution < 1.29 is 4.79 Å². The maximum Gasteiger partial charge on any atom is 0.282 e. The summed E-state index contributed by atoms with van der Waals surface area (Å²) in [4.78, 5) is 27.8. The minimum Gasteiger partial charge on any atom is -0.354 e. The van der Waals surface area contributed by atoms with Gasteiger partial charge in [0.05, 0.1) is 11.0 Å². The molecule has 0 aliphatic rings. The Morgan fingerprint density at radius 3 is 2.50 bits per heavy atom. The van der Waals surface area contributed by atoms with E-state index in [1.54, 1.807) is 7.05 Å². The van der Waals surface area contributed by atoms with E-state index in [4.69, 9.17) is 0 Å². The third-order valence-corrected chi connectivity index (χ3v) is 3.13. The Morgan fingerprint density at radius 1 is 1.28 bits per heavy atom. The highest BCUT2D eigenvalue weighted by Gasteiger charge is 2.15. The summed E-state index contributed by atoms with van der Waals surface area (Å²) >= 11 is 0. The molecule has 1 heterocycles. The second kappa shape index (κ2) is 4.25. The topological polar surface area (TPSA) is 64.0 Å². The average Bonchev–Trinajstić information content (AvgIpc) is 2.35. The fourth-order valence-corrected chi connectivity index (χ4v) is 1.85. The molecule has 2 aromatic rings. The molecule has 1 amide bonds. The zero-order chi connectivity index (χ0) is 13.4. The van der Waals surface area contributed by atoms with E-state index < -0.39 is 5.91 Å². The molecule has 0 atom stereocenters. The van der Waals surface area contributed by atoms with Gasteiger partial charge < -0.3 is 9.88 Å². The van der Waals surface area contributed by atoms with E-state index >= 15 is 0 Å². The molecule has 1 N–H and O–H groups in total. The van der Waals surface area contributed by atoms with Crippen molar-refractivity contribution in [2.45, 2.75) is 13.8 Å². The smallest absolute Gasteiger partial charge is 0.282 e. The van der Waals surface area contributed by atoms with Crippen LogP contribution in [0.2, 0.25) is 0 Å². The summed E-state index contributed by atoms with van der Waals surface area (Å²) in [6.07, 6.45) is 0. The molecule has 0 aliphatic heterocycles. The lowest BCUT2D eigenvalue weighted by Crippen LogP contribution is -2.32. The molecular weight excluding hydrogens is 230 g/mol. The van der Waals surface area contributed by atoms with Gasteiger partial charge in [0.2, 0.25) is 0 Å². The van der Waals surface area contributed by atoms with Crippen LogP contribution in [0.25, 0.3) is 11.0 Å². The lowest BCUT2D eigenvalue weighted by Gasteiger charge is -2.09. The summed E-state index contributed by atoms with van der Waals surface area (Å²) in [6.45, 7) is 3.95. The van der Waals surface area contributed by atoms with Gasteiger partial charge in [0.25, 0.3) is 11.5 Å². The van der Waals surface area contributed by atoms with Crippen LogP contribution in [0.15, 0.2) is 16.9 Å². The highest BCUT2D eigenvalue weighted by molar-refractivity contribution is 5.93. The van der Waals surface area contributed by atoms with Crippen LogP contribution in [0.5, 0.6) is 0 Å². The van der Waals surface area contributed by atoms with E-state index in [-0.39, 0.29) is 11.3 Å². The van der Waals surface area contributed by atoms with Crippen LogP contribution in [0, 0.1) is 13.8 Å². The van der Waals surface area contributed by atoms with Crippen LogP contribution in [0.1, 0.15) is 21.6 Å². The van der Waals surface area contributed by atoms with Crippen molar-refractivity contribution in [3.8, 4) is 0 Å². The molecule has 2 rings (SSSR count). The van der Waals surface area contributed by atoms with Crippen LogP contribution >= 0.6 is 0 Å². The Labute approximate surface area is 104 Å². The Kier molecular flexibility index (Phi) is 2.90. The Hall–Kier alpha value is -2.17. The predicted octanol–water partition coefficient (Wildman–Crippen LogP) is 0.910. The van der Waals surface area contributed by atoms with Crippen molar-refractivity contribution in [1.29, 1.82) is 0 Å². The van der Waals surface area contributed by atoms with E-state index in [1.807, 2.05) is 26.0 Å². The van der Waals surface area contributed by atoms with Crippen molar-refractivity contribution in [3.05, 3.63) is 39.3 Å². The molecule has 0 spiro atoms. The van der Waals surface area contributed by atoms with Crippen LogP contribution in [0.4, 0.5) is 0 Å². The molecule has 94 valence electrons. The Balaban J connectivity index is 2.88. The number of nitrogens with zero attached hydrogens (tertiary/aromatic N) is 2. The fourth-order valence-electron chi connectivity index (χ4n) is 1.85. The van der Waals surface area contributed by atoms with E-state index in [9.17, 15) is 9.59 Å². The molecule has 5 heteroatoms. The van der Waals surface area contributed by atoms with Crippen molar-refractivity contribution in [1.82, 2.24) is 14.9 Å². The number of fused-ring (bicyclic) bond motifs is 1. The zero-order valence-electron chi connectivity index (χ0n) is 10.9. The summed E-state index contributed by atoms with van der Waals surface area (Å²) in [5, 5.41) is 2.43. The summed E-state index contributed by atoms with van der Waals surface area (Å²) in [6, 6.07) is 3.79. The normalized spacial score (nSPS) is 10.7. The molecule has 1 aromatic heterocycles. The largest absolute Gasteiger partial charge is 0.354 e. The number of aromatic nitrogens is 2. The van der Waals surface area contributed by atoms with Crippen LogP contribution in [-0.2, 0) is 7.05 Å². The first-order valence-electron chi connectivity index (χ1n) is 5.65. The third kappa shape index (κ3) is 1.77. The summed E-state index contributed by atoms with van der Waals surface area (Å²) in [5.74, 6) is -0.462. The Morgan fingerprint density at radius 2 is 1.89 bits per heavy atom. The van der Waals surface area contributed by atoms with Gasteiger partial charge in [-0.25, -0.2) is 4.98 Å². The standard InChI is InChI=1S/C13H15N3O2/c1-7-5-9-10(6-8(7)2)16(4)13(18)11(15-9)12(17)14-3/h5-6H,1-4H3,(H,14,17). The van der Waals surface area contributed by atoms with Gasteiger partial charge in [-0.3, -0.25) is 9.59 Å². The van der Waals surface area contributed by atoms with Gasteiger partial charge in [0.1, 0.15) is 0 Å². The lowest BCUT2D eigenvalue weighted by molar-refractivity contribution is 0.0956. The van der Waals surface area contributed by atoms with Gasteiger partial charge in [-0.05, 0) is 37.1 Å². The highest BCUT2D eigenvalue weighted by Crippen LogP contribution is 2.16. The third-order valence-electron chi connectivity index (χ3n) is 3.13. The van der Waals surface area contributed by atoms with E-state index in [1.165, 1.54) is 11.6 Å². The van der Waals surface area contributed by atoms with Crippen LogP contribution in [-0.4, -0.2) is 22.5 Å². The van der Waals surface area contributed by atoms with E-state index in [0.29, 0.717) is 5.52 Å². The number of carbonyl (C=O) groups is 1. The number of hydrogen-bond donors (Lipinski definition) is 1. The van der Waals surface area contributed by atoms with Crippen molar-refractivity contribution >= 4 is 16.9 Å². The minimum absolute atomic E-state index is 0.0734. The lowest BCUT2D eigenvalue weighted by atomic mass is 10.1. The van der Waals surface area contributed by atoms with Gasteiger partial charge >= 0.3 is 0 Å². The number of hydrogen-bond acceptors (Lipinski definition) is 3. The second-order valence-electron chi connectivity index (χ2n) is 4.33. The monoisotopic (exact) mass is 245 g/mol. The number of nitrogens with one attached hydrogen (secondary N) is 1. The molecule has 0 fully saturated rings. The molecule has 5 nitrogen and oxygen atoms in total. The molecule has 1 aromatic carbocycles. The van der Waals surface area contributed by atoms with Gasteiger partial charge in [-0.15, -0.1) is 0 Å². The van der Waals surface area contributed by atoms with E-state index in [0.717, 1.165) is 16.6 Å². The first-order chi connectivity index (χ1) is 8.45. The summed E-state index contributed by atoms with van der Waals surface area (Å²) in [7, 11) is 3.13. The predicted molar refractivity (Wildman–Crippen MR) is 69.8 cm³/mol. The number of benzene rings is 1.